The van der Waals surface area contributed by atoms with Gasteiger partial charge in [0.05, 0.1) is 22.3 Å². The lowest BCUT2D eigenvalue weighted by atomic mass is 10.2. The Morgan fingerprint density at radius 1 is 0.897 bits per heavy atom. The molecule has 4 rings (SSSR count). The molecule has 0 radical (unpaired) electrons. The summed E-state index contributed by atoms with van der Waals surface area (Å²) in [7, 11) is -3.78. The molecule has 1 aliphatic rings. The lowest BCUT2D eigenvalue weighted by molar-refractivity contribution is 0.102. The molecule has 1 aromatic heterocycles. The summed E-state index contributed by atoms with van der Waals surface area (Å²) in [6.45, 7) is 0.925. The Labute approximate surface area is 167 Å². The van der Waals surface area contributed by atoms with Gasteiger partial charge in [-0.25, -0.2) is 8.42 Å². The third-order valence-corrected chi connectivity index (χ3v) is 5.50. The summed E-state index contributed by atoms with van der Waals surface area (Å²) in [4.78, 5) is 16.6. The Balaban J connectivity index is 1.50. The first-order valence-corrected chi connectivity index (χ1v) is 10.2. The Morgan fingerprint density at radius 2 is 1.66 bits per heavy atom. The molecule has 0 spiro atoms. The van der Waals surface area contributed by atoms with E-state index in [-0.39, 0.29) is 16.1 Å². The van der Waals surface area contributed by atoms with Crippen LogP contribution in [0.25, 0.3) is 0 Å². The molecule has 8 nitrogen and oxygen atoms in total. The number of pyridine rings is 1. The van der Waals surface area contributed by atoms with Gasteiger partial charge in [-0.15, -0.1) is 0 Å². The zero-order valence-electron chi connectivity index (χ0n) is 15.2. The van der Waals surface area contributed by atoms with Crippen LogP contribution in [0.2, 0.25) is 0 Å². The molecule has 0 aliphatic carbocycles. The Kier molecular flexibility index (Phi) is 5.05. The number of benzene rings is 2. The molecule has 2 aromatic carbocycles. The van der Waals surface area contributed by atoms with Gasteiger partial charge >= 0.3 is 0 Å². The lowest BCUT2D eigenvalue weighted by Crippen LogP contribution is -2.17. The van der Waals surface area contributed by atoms with Crippen molar-refractivity contribution in [3.8, 4) is 11.5 Å². The fourth-order valence-corrected chi connectivity index (χ4v) is 3.81. The highest BCUT2D eigenvalue weighted by Gasteiger charge is 2.16. The monoisotopic (exact) mass is 411 g/mol. The molecule has 1 amide bonds. The van der Waals surface area contributed by atoms with Crippen molar-refractivity contribution in [1.82, 2.24) is 4.98 Å². The quantitative estimate of drug-likeness (QED) is 0.669. The fourth-order valence-electron chi connectivity index (χ4n) is 2.76. The van der Waals surface area contributed by atoms with Crippen molar-refractivity contribution in [1.29, 1.82) is 0 Å². The first kappa shape index (κ1) is 18.8. The molecule has 0 atom stereocenters. The topological polar surface area (TPSA) is 107 Å². The zero-order valence-corrected chi connectivity index (χ0v) is 16.0. The van der Waals surface area contributed by atoms with Gasteiger partial charge in [0.25, 0.3) is 15.9 Å². The molecule has 0 fully saturated rings. The van der Waals surface area contributed by atoms with Gasteiger partial charge in [0.1, 0.15) is 13.2 Å². The highest BCUT2D eigenvalue weighted by Crippen LogP contribution is 2.32. The van der Waals surface area contributed by atoms with E-state index in [0.29, 0.717) is 30.4 Å². The van der Waals surface area contributed by atoms with Gasteiger partial charge in [-0.05, 0) is 30.3 Å². The van der Waals surface area contributed by atoms with Crippen LogP contribution in [-0.2, 0) is 10.0 Å². The fraction of sp³-hybridized carbons (Fsp3) is 0.100. The number of carbonyl (C=O) groups excluding carboxylic acids is 1. The number of carbonyl (C=O) groups is 1. The maximum absolute atomic E-state index is 12.6. The number of ether oxygens (including phenoxy) is 2. The summed E-state index contributed by atoms with van der Waals surface area (Å²) in [5.41, 5.74) is 0.909. The van der Waals surface area contributed by atoms with Crippen LogP contribution < -0.4 is 19.5 Å². The molecule has 148 valence electrons. The number of nitrogens with zero attached hydrogens (tertiary/aromatic N) is 1. The third kappa shape index (κ3) is 4.30. The predicted molar refractivity (Wildman–Crippen MR) is 107 cm³/mol. The first-order valence-electron chi connectivity index (χ1n) is 8.75. The number of amides is 1. The van der Waals surface area contributed by atoms with Crippen LogP contribution in [0.15, 0.2) is 71.9 Å². The Hall–Kier alpha value is -3.59. The van der Waals surface area contributed by atoms with Crippen LogP contribution in [0.1, 0.15) is 10.4 Å². The van der Waals surface area contributed by atoms with Crippen molar-refractivity contribution >= 4 is 27.3 Å². The van der Waals surface area contributed by atoms with Gasteiger partial charge in [0.15, 0.2) is 11.5 Å². The van der Waals surface area contributed by atoms with Crippen LogP contribution in [-0.4, -0.2) is 32.5 Å². The van der Waals surface area contributed by atoms with Crippen LogP contribution in [0, 0.1) is 0 Å². The molecule has 0 bridgehead atoms. The number of fused-ring (bicyclic) bond motifs is 1. The van der Waals surface area contributed by atoms with Crippen molar-refractivity contribution in [3.63, 3.8) is 0 Å². The average Bonchev–Trinajstić information content (AvgIpc) is 2.74. The number of aromatic nitrogens is 1. The summed E-state index contributed by atoms with van der Waals surface area (Å²) < 4.78 is 38.3. The maximum atomic E-state index is 12.6. The molecule has 2 heterocycles. The lowest BCUT2D eigenvalue weighted by Gasteiger charge is -2.19. The van der Waals surface area contributed by atoms with Crippen molar-refractivity contribution < 1.29 is 22.7 Å². The van der Waals surface area contributed by atoms with Crippen molar-refractivity contribution in [2.24, 2.45) is 0 Å². The average molecular weight is 411 g/mol. The third-order valence-electron chi connectivity index (χ3n) is 4.11. The van der Waals surface area contributed by atoms with E-state index >= 15 is 0 Å². The number of hydrogen-bond acceptors (Lipinski definition) is 6. The molecule has 0 unspecified atom stereocenters. The molecule has 0 saturated carbocycles. The zero-order chi connectivity index (χ0) is 20.3. The largest absolute Gasteiger partial charge is 0.486 e. The normalized spacial score (nSPS) is 12.8. The molecule has 9 heteroatoms. The number of rotatable bonds is 5. The second-order valence-electron chi connectivity index (χ2n) is 6.19. The Bertz CT molecular complexity index is 1150. The SMILES string of the molecule is O=C(Nc1ccc2c(c1)OCCO2)c1cncc(NS(=O)(=O)c2ccccc2)c1. The van der Waals surface area contributed by atoms with E-state index in [1.165, 1.54) is 30.6 Å². The van der Waals surface area contributed by atoms with Gasteiger partial charge in [-0.2, -0.15) is 0 Å². The van der Waals surface area contributed by atoms with E-state index < -0.39 is 15.9 Å². The minimum absolute atomic E-state index is 0.117. The second-order valence-corrected chi connectivity index (χ2v) is 7.88. The summed E-state index contributed by atoms with van der Waals surface area (Å²) in [6, 6.07) is 14.4. The van der Waals surface area contributed by atoms with Crippen LogP contribution >= 0.6 is 0 Å². The first-order chi connectivity index (χ1) is 14.0. The van der Waals surface area contributed by atoms with E-state index in [1.807, 2.05) is 0 Å². The number of hydrogen-bond donors (Lipinski definition) is 2. The molecule has 3 aromatic rings. The van der Waals surface area contributed by atoms with Gasteiger partial charge in [-0.3, -0.25) is 14.5 Å². The van der Waals surface area contributed by atoms with Crippen molar-refractivity contribution in [3.05, 3.63) is 72.6 Å². The van der Waals surface area contributed by atoms with Gasteiger partial charge in [0.2, 0.25) is 0 Å². The molecule has 1 aliphatic heterocycles. The molecular formula is C20H17N3O5S. The Morgan fingerprint density at radius 3 is 2.45 bits per heavy atom. The number of anilines is 2. The van der Waals surface area contributed by atoms with Crippen LogP contribution in [0.4, 0.5) is 11.4 Å². The molecule has 29 heavy (non-hydrogen) atoms. The smallest absolute Gasteiger partial charge is 0.261 e. The summed E-state index contributed by atoms with van der Waals surface area (Å²) in [5.74, 6) is 0.736. The van der Waals surface area contributed by atoms with E-state index in [0.717, 1.165) is 0 Å². The van der Waals surface area contributed by atoms with Crippen molar-refractivity contribution in [2.75, 3.05) is 23.3 Å². The van der Waals surface area contributed by atoms with Crippen LogP contribution in [0.5, 0.6) is 11.5 Å². The van der Waals surface area contributed by atoms with E-state index in [9.17, 15) is 13.2 Å². The summed E-state index contributed by atoms with van der Waals surface area (Å²) in [6.07, 6.45) is 2.69. The van der Waals surface area contributed by atoms with Gasteiger partial charge in [-0.1, -0.05) is 18.2 Å². The van der Waals surface area contributed by atoms with E-state index in [4.69, 9.17) is 9.47 Å². The predicted octanol–water partition coefficient (Wildman–Crippen LogP) is 2.91. The van der Waals surface area contributed by atoms with Gasteiger partial charge < -0.3 is 14.8 Å². The summed E-state index contributed by atoms with van der Waals surface area (Å²) >= 11 is 0. The number of sulfonamides is 1. The van der Waals surface area contributed by atoms with Crippen molar-refractivity contribution in [2.45, 2.75) is 4.90 Å². The van der Waals surface area contributed by atoms with Crippen LogP contribution in [0.3, 0.4) is 0 Å². The minimum Gasteiger partial charge on any atom is -0.486 e. The molecule has 2 N–H and O–H groups in total. The molecule has 0 saturated heterocycles. The standard InChI is InChI=1S/C20H17N3O5S/c24-20(22-15-6-7-18-19(11-15)28-9-8-27-18)14-10-16(13-21-12-14)23-29(25,26)17-4-2-1-3-5-17/h1-7,10-13,23H,8-9H2,(H,22,24). The summed E-state index contributed by atoms with van der Waals surface area (Å²) in [5, 5.41) is 2.74. The number of nitrogens with one attached hydrogen (secondary N) is 2. The van der Waals surface area contributed by atoms with E-state index in [2.05, 4.69) is 15.0 Å². The minimum atomic E-state index is -3.78. The van der Waals surface area contributed by atoms with Gasteiger partial charge in [0, 0.05) is 18.0 Å². The molecular weight excluding hydrogens is 394 g/mol. The highest BCUT2D eigenvalue weighted by atomic mass is 32.2. The van der Waals surface area contributed by atoms with E-state index in [1.54, 1.807) is 36.4 Å². The maximum Gasteiger partial charge on any atom is 0.261 e. The highest BCUT2D eigenvalue weighted by molar-refractivity contribution is 7.92. The second kappa shape index (κ2) is 7.80.